The van der Waals surface area contributed by atoms with Crippen molar-refractivity contribution >= 4 is 13.9 Å². The molecule has 12 heavy (non-hydrogen) atoms. The van der Waals surface area contributed by atoms with Crippen LogP contribution in [-0.4, -0.2) is 25.5 Å². The van der Waals surface area contributed by atoms with Crippen molar-refractivity contribution in [1.29, 1.82) is 0 Å². The fraction of sp³-hybridized carbons (Fsp3) is 0.500. The molecule has 1 rings (SSSR count). The molecule has 0 saturated heterocycles. The molecule has 4 heteroatoms. The maximum absolute atomic E-state index is 3.85. The maximum Gasteiger partial charge on any atom is 0.147 e. The van der Waals surface area contributed by atoms with Crippen molar-refractivity contribution in [2.45, 2.75) is 19.6 Å². The van der Waals surface area contributed by atoms with Gasteiger partial charge in [-0.3, -0.25) is 0 Å². The fourth-order valence-electron chi connectivity index (χ4n) is 0.869. The van der Waals surface area contributed by atoms with Gasteiger partial charge in [0, 0.05) is 0 Å². The van der Waals surface area contributed by atoms with Gasteiger partial charge >= 0.3 is 0 Å². The van der Waals surface area contributed by atoms with Gasteiger partial charge < -0.3 is 4.57 Å². The summed E-state index contributed by atoms with van der Waals surface area (Å²) in [6.45, 7) is 6.90. The first-order valence-corrected chi connectivity index (χ1v) is 7.47. The van der Waals surface area contributed by atoms with Gasteiger partial charge in [0.25, 0.3) is 0 Å². The van der Waals surface area contributed by atoms with Gasteiger partial charge in [-0.1, -0.05) is 19.6 Å². The molecule has 66 valence electrons. The summed E-state index contributed by atoms with van der Waals surface area (Å²) in [6, 6.07) is 1.99. The van der Waals surface area contributed by atoms with E-state index in [1.807, 2.05) is 6.07 Å². The molecule has 0 unspecified atom stereocenters. The summed E-state index contributed by atoms with van der Waals surface area (Å²) < 4.78 is 2.31. The largest absolute Gasteiger partial charge is 0.399 e. The highest BCUT2D eigenvalue weighted by Gasteiger charge is 2.20. The van der Waals surface area contributed by atoms with Crippen LogP contribution < -0.4 is 4.57 Å². The van der Waals surface area contributed by atoms with Gasteiger partial charge in [-0.15, -0.1) is 0 Å². The zero-order chi connectivity index (χ0) is 9.19. The first-order chi connectivity index (χ1) is 5.52. The summed E-state index contributed by atoms with van der Waals surface area (Å²) in [5.74, 6) is 0. The van der Waals surface area contributed by atoms with Crippen LogP contribution in [0, 0.1) is 0 Å². The lowest BCUT2D eigenvalue weighted by Gasteiger charge is -2.31. The third-order valence-electron chi connectivity index (χ3n) is 1.96. The summed E-state index contributed by atoms with van der Waals surface area (Å²) in [7, 11) is 0.878. The fourth-order valence-corrected chi connectivity index (χ4v) is 1.78. The molecule has 0 spiro atoms. The Morgan fingerprint density at radius 3 is 2.33 bits per heavy atom. The second-order valence-corrected chi connectivity index (χ2v) is 8.84. The third-order valence-corrected chi connectivity index (χ3v) is 4.23. The summed E-state index contributed by atoms with van der Waals surface area (Å²) >= 11 is 0. The van der Waals surface area contributed by atoms with Gasteiger partial charge in [0.05, 0.1) is 18.1 Å². The van der Waals surface area contributed by atoms with Gasteiger partial charge in [0.15, 0.2) is 0 Å². The predicted molar refractivity (Wildman–Crippen MR) is 53.8 cm³/mol. The molecule has 1 aromatic heterocycles. The van der Waals surface area contributed by atoms with Crippen LogP contribution in [0.4, 0.5) is 5.69 Å². The van der Waals surface area contributed by atoms with E-state index in [9.17, 15) is 0 Å². The lowest BCUT2D eigenvalue weighted by molar-refractivity contribution is 1.02. The standard InChI is InChI=1S/C8H15N3Si/c1-11(12(2,3)4)8-5-6-9-10-7-8/h5-7H,1-4H3. The second kappa shape index (κ2) is 3.22. The van der Waals surface area contributed by atoms with E-state index >= 15 is 0 Å². The molecule has 0 radical (unpaired) electrons. The molecule has 0 aliphatic carbocycles. The molecule has 0 atom stereocenters. The van der Waals surface area contributed by atoms with Gasteiger partial charge in [-0.2, -0.15) is 10.2 Å². The number of hydrogen-bond donors (Lipinski definition) is 0. The average Bonchev–Trinajstić information content (AvgIpc) is 2.03. The van der Waals surface area contributed by atoms with E-state index in [1.54, 1.807) is 12.4 Å². The predicted octanol–water partition coefficient (Wildman–Crippen LogP) is 1.75. The Bertz CT molecular complexity index is 242. The lowest BCUT2D eigenvalue weighted by Crippen LogP contribution is -2.43. The van der Waals surface area contributed by atoms with E-state index < -0.39 is 8.24 Å². The van der Waals surface area contributed by atoms with Crippen LogP contribution >= 0.6 is 0 Å². The molecule has 0 bridgehead atoms. The zero-order valence-electron chi connectivity index (χ0n) is 8.07. The van der Waals surface area contributed by atoms with Gasteiger partial charge in [0.2, 0.25) is 0 Å². The Labute approximate surface area is 74.5 Å². The molecule has 0 aliphatic rings. The Hall–Kier alpha value is -0.903. The average molecular weight is 181 g/mol. The molecule has 0 aliphatic heterocycles. The summed E-state index contributed by atoms with van der Waals surface area (Å²) in [4.78, 5) is 0. The van der Waals surface area contributed by atoms with Crippen LogP contribution in [0.1, 0.15) is 0 Å². The molecule has 1 heterocycles. The number of anilines is 1. The smallest absolute Gasteiger partial charge is 0.147 e. The second-order valence-electron chi connectivity index (χ2n) is 3.83. The van der Waals surface area contributed by atoms with Gasteiger partial charge in [-0.25, -0.2) is 0 Å². The van der Waals surface area contributed by atoms with Gasteiger partial charge in [-0.05, 0) is 13.1 Å². The number of rotatable bonds is 2. The molecule has 0 N–H and O–H groups in total. The topological polar surface area (TPSA) is 29.0 Å². The van der Waals surface area contributed by atoms with E-state index in [-0.39, 0.29) is 0 Å². The van der Waals surface area contributed by atoms with Crippen molar-refractivity contribution in [3.05, 3.63) is 18.5 Å². The van der Waals surface area contributed by atoms with E-state index in [4.69, 9.17) is 0 Å². The van der Waals surface area contributed by atoms with Gasteiger partial charge in [0.1, 0.15) is 8.24 Å². The van der Waals surface area contributed by atoms with Crippen molar-refractivity contribution in [2.75, 3.05) is 11.6 Å². The summed E-state index contributed by atoms with van der Waals surface area (Å²) in [6.07, 6.45) is 3.53. The molecule has 1 aromatic rings. The van der Waals surface area contributed by atoms with E-state index in [0.29, 0.717) is 0 Å². The Morgan fingerprint density at radius 1 is 1.25 bits per heavy atom. The molecule has 0 saturated carbocycles. The quantitative estimate of drug-likeness (QED) is 0.651. The molecule has 3 nitrogen and oxygen atoms in total. The third kappa shape index (κ3) is 2.04. The monoisotopic (exact) mass is 181 g/mol. The zero-order valence-corrected chi connectivity index (χ0v) is 9.07. The number of aromatic nitrogens is 2. The maximum atomic E-state index is 3.85. The highest BCUT2D eigenvalue weighted by Crippen LogP contribution is 2.16. The number of nitrogens with zero attached hydrogens (tertiary/aromatic N) is 3. The van der Waals surface area contributed by atoms with Crippen molar-refractivity contribution in [3.63, 3.8) is 0 Å². The van der Waals surface area contributed by atoms with Crippen LogP contribution in [0.15, 0.2) is 18.5 Å². The highest BCUT2D eigenvalue weighted by atomic mass is 28.3. The van der Waals surface area contributed by atoms with Crippen molar-refractivity contribution in [1.82, 2.24) is 10.2 Å². The molecule has 0 fully saturated rings. The molecule has 0 amide bonds. The van der Waals surface area contributed by atoms with Crippen LogP contribution in [-0.2, 0) is 0 Å². The Morgan fingerprint density at radius 2 is 1.92 bits per heavy atom. The number of hydrogen-bond acceptors (Lipinski definition) is 3. The molecular weight excluding hydrogens is 166 g/mol. The molecular formula is C8H15N3Si. The normalized spacial score (nSPS) is 11.3. The van der Waals surface area contributed by atoms with Crippen LogP contribution in [0.3, 0.4) is 0 Å². The Balaban J connectivity index is 2.86. The van der Waals surface area contributed by atoms with E-state index in [2.05, 4.69) is 41.5 Å². The highest BCUT2D eigenvalue weighted by molar-refractivity contribution is 6.79. The van der Waals surface area contributed by atoms with Crippen molar-refractivity contribution < 1.29 is 0 Å². The Kier molecular flexibility index (Phi) is 2.47. The van der Waals surface area contributed by atoms with E-state index in [0.717, 1.165) is 5.69 Å². The van der Waals surface area contributed by atoms with Crippen molar-refractivity contribution in [2.24, 2.45) is 0 Å². The first kappa shape index (κ1) is 9.19. The minimum atomic E-state index is -1.24. The minimum absolute atomic E-state index is 1.16. The lowest BCUT2D eigenvalue weighted by atomic mass is 10.5. The minimum Gasteiger partial charge on any atom is -0.399 e. The SMILES string of the molecule is CN(c1ccnnc1)[Si](C)(C)C. The first-order valence-electron chi connectivity index (χ1n) is 4.02. The van der Waals surface area contributed by atoms with Crippen LogP contribution in [0.2, 0.25) is 19.6 Å². The summed E-state index contributed by atoms with van der Waals surface area (Å²) in [5.41, 5.74) is 1.16. The summed E-state index contributed by atoms with van der Waals surface area (Å²) in [5, 5.41) is 7.60. The van der Waals surface area contributed by atoms with Crippen molar-refractivity contribution in [3.8, 4) is 0 Å². The van der Waals surface area contributed by atoms with Crippen LogP contribution in [0.25, 0.3) is 0 Å². The molecule has 0 aromatic carbocycles. The van der Waals surface area contributed by atoms with Crippen LogP contribution in [0.5, 0.6) is 0 Å². The van der Waals surface area contributed by atoms with E-state index in [1.165, 1.54) is 0 Å².